The van der Waals surface area contributed by atoms with Gasteiger partial charge >= 0.3 is 0 Å². The van der Waals surface area contributed by atoms with Gasteiger partial charge in [-0.1, -0.05) is 23.4 Å². The summed E-state index contributed by atoms with van der Waals surface area (Å²) in [6.45, 7) is 1.85. The van der Waals surface area contributed by atoms with Crippen molar-refractivity contribution < 1.29 is 4.79 Å². The molecule has 8 heteroatoms. The predicted molar refractivity (Wildman–Crippen MR) is 80.7 cm³/mol. The molecule has 0 fully saturated rings. The molecule has 104 valence electrons. The van der Waals surface area contributed by atoms with E-state index in [0.717, 1.165) is 26.3 Å². The van der Waals surface area contributed by atoms with Crippen molar-refractivity contribution in [2.24, 2.45) is 0 Å². The summed E-state index contributed by atoms with van der Waals surface area (Å²) >= 11 is 9.09. The molecule has 3 rings (SSSR count). The van der Waals surface area contributed by atoms with Crippen LogP contribution < -0.4 is 10.6 Å². The number of nitrogens with one attached hydrogen (secondary N) is 2. The monoisotopic (exact) mass is 326 g/mol. The first-order valence-electron chi connectivity index (χ1n) is 5.88. The van der Waals surface area contributed by atoms with Crippen molar-refractivity contribution in [2.75, 3.05) is 12.4 Å². The number of nitrogens with zero attached hydrogens (tertiary/aromatic N) is 2. The molecule has 0 radical (unpaired) electrons. The number of anilines is 1. The highest BCUT2D eigenvalue weighted by Crippen LogP contribution is 2.41. The van der Waals surface area contributed by atoms with Crippen LogP contribution in [0.3, 0.4) is 0 Å². The van der Waals surface area contributed by atoms with Crippen molar-refractivity contribution in [3.05, 3.63) is 28.5 Å². The average Bonchev–Trinajstić information content (AvgIpc) is 2.93. The molecule has 0 spiro atoms. The highest BCUT2D eigenvalue weighted by atomic mass is 35.5. The second-order valence-corrected chi connectivity index (χ2v) is 6.74. The zero-order chi connectivity index (χ0) is 14.3. The number of aryl methyl sites for hydroxylation is 1. The highest BCUT2D eigenvalue weighted by molar-refractivity contribution is 8.01. The van der Waals surface area contributed by atoms with Crippen LogP contribution in [0.15, 0.2) is 21.4 Å². The van der Waals surface area contributed by atoms with Crippen LogP contribution in [0.4, 0.5) is 5.69 Å². The number of aromatic nitrogens is 2. The van der Waals surface area contributed by atoms with Crippen molar-refractivity contribution in [1.82, 2.24) is 14.7 Å². The summed E-state index contributed by atoms with van der Waals surface area (Å²) in [6.07, 6.45) is 0. The fourth-order valence-corrected chi connectivity index (χ4v) is 3.98. The first kappa shape index (κ1) is 13.8. The number of carbonyl (C=O) groups is 1. The zero-order valence-corrected chi connectivity index (χ0v) is 13.1. The fraction of sp³-hybridized carbons (Fsp3) is 0.250. The number of benzene rings is 1. The third-order valence-electron chi connectivity index (χ3n) is 2.93. The molecule has 0 aliphatic carbocycles. The molecule has 2 N–H and O–H groups in total. The van der Waals surface area contributed by atoms with Crippen molar-refractivity contribution in [1.29, 1.82) is 0 Å². The van der Waals surface area contributed by atoms with Gasteiger partial charge in [0.1, 0.15) is 11.9 Å². The molecule has 1 amide bonds. The van der Waals surface area contributed by atoms with Crippen molar-refractivity contribution in [3.63, 3.8) is 0 Å². The van der Waals surface area contributed by atoms with Gasteiger partial charge in [0.2, 0.25) is 5.91 Å². The minimum absolute atomic E-state index is 0.0625. The third-order valence-corrected chi connectivity index (χ3v) is 5.25. The number of amides is 1. The molecule has 0 bridgehead atoms. The Morgan fingerprint density at radius 3 is 2.95 bits per heavy atom. The molecule has 1 aliphatic heterocycles. The van der Waals surface area contributed by atoms with Crippen LogP contribution in [0.2, 0.25) is 5.02 Å². The Balaban J connectivity index is 1.95. The van der Waals surface area contributed by atoms with E-state index in [9.17, 15) is 4.79 Å². The summed E-state index contributed by atoms with van der Waals surface area (Å²) < 4.78 is 4.97. The Kier molecular flexibility index (Phi) is 3.68. The lowest BCUT2D eigenvalue weighted by Gasteiger charge is -2.08. The molecular formula is C12H11ClN4OS2. The molecule has 1 aromatic carbocycles. The predicted octanol–water partition coefficient (Wildman–Crippen LogP) is 2.86. The summed E-state index contributed by atoms with van der Waals surface area (Å²) in [7, 11) is 1.75. The molecule has 2 aromatic rings. The van der Waals surface area contributed by atoms with Crippen molar-refractivity contribution in [3.8, 4) is 0 Å². The van der Waals surface area contributed by atoms with E-state index in [1.54, 1.807) is 7.05 Å². The standard InChI is InChI=1S/C12H11ClN4OS2/c1-5-15-12(20-17-5)19-9-4-8-6(3-7(9)13)10(14-2)11(18)16-8/h3-4,10,14H,1-2H3,(H,16,18). The molecule has 5 nitrogen and oxygen atoms in total. The van der Waals surface area contributed by atoms with Crippen LogP contribution in [0.1, 0.15) is 17.4 Å². The maximum Gasteiger partial charge on any atom is 0.246 e. The molecule has 1 aliphatic rings. The van der Waals surface area contributed by atoms with Crippen LogP contribution in [-0.2, 0) is 4.79 Å². The Bertz CT molecular complexity index is 688. The number of rotatable bonds is 3. The second-order valence-electron chi connectivity index (χ2n) is 4.29. The molecule has 1 unspecified atom stereocenters. The topological polar surface area (TPSA) is 66.9 Å². The Labute approximate surface area is 129 Å². The fourth-order valence-electron chi connectivity index (χ4n) is 2.04. The van der Waals surface area contributed by atoms with Crippen LogP contribution in [0.5, 0.6) is 0 Å². The summed E-state index contributed by atoms with van der Waals surface area (Å²) in [4.78, 5) is 17.0. The normalized spacial score (nSPS) is 17.1. The molecular weight excluding hydrogens is 316 g/mol. The van der Waals surface area contributed by atoms with Gasteiger partial charge in [-0.25, -0.2) is 4.98 Å². The van der Waals surface area contributed by atoms with E-state index in [-0.39, 0.29) is 11.9 Å². The molecule has 1 aromatic heterocycles. The Morgan fingerprint density at radius 1 is 1.50 bits per heavy atom. The maximum absolute atomic E-state index is 11.8. The molecule has 0 saturated carbocycles. The Morgan fingerprint density at radius 2 is 2.30 bits per heavy atom. The van der Waals surface area contributed by atoms with Gasteiger partial charge in [0.15, 0.2) is 4.34 Å². The van der Waals surface area contributed by atoms with Gasteiger partial charge in [-0.2, -0.15) is 4.37 Å². The summed E-state index contributed by atoms with van der Waals surface area (Å²) in [5.41, 5.74) is 1.67. The number of fused-ring (bicyclic) bond motifs is 1. The van der Waals surface area contributed by atoms with E-state index in [1.165, 1.54) is 23.3 Å². The molecule has 0 saturated heterocycles. The van der Waals surface area contributed by atoms with Gasteiger partial charge in [0, 0.05) is 16.1 Å². The lowest BCUT2D eigenvalue weighted by molar-refractivity contribution is -0.117. The van der Waals surface area contributed by atoms with Crippen molar-refractivity contribution in [2.45, 2.75) is 22.2 Å². The maximum atomic E-state index is 11.8. The van der Waals surface area contributed by atoms with E-state index in [4.69, 9.17) is 11.6 Å². The molecule has 1 atom stereocenters. The van der Waals surface area contributed by atoms with Crippen LogP contribution in [-0.4, -0.2) is 22.3 Å². The van der Waals surface area contributed by atoms with Gasteiger partial charge in [-0.05, 0) is 37.6 Å². The van der Waals surface area contributed by atoms with E-state index in [0.29, 0.717) is 5.02 Å². The van der Waals surface area contributed by atoms with Crippen molar-refractivity contribution >= 4 is 46.5 Å². The average molecular weight is 327 g/mol. The summed E-state index contributed by atoms with van der Waals surface area (Å²) in [5.74, 6) is 0.686. The lowest BCUT2D eigenvalue weighted by Crippen LogP contribution is -2.23. The van der Waals surface area contributed by atoms with Crippen LogP contribution in [0, 0.1) is 6.92 Å². The number of carbonyl (C=O) groups excluding carboxylic acids is 1. The highest BCUT2D eigenvalue weighted by Gasteiger charge is 2.30. The van der Waals surface area contributed by atoms with Gasteiger partial charge in [-0.15, -0.1) is 0 Å². The first-order valence-corrected chi connectivity index (χ1v) is 7.85. The lowest BCUT2D eigenvalue weighted by atomic mass is 10.1. The van der Waals surface area contributed by atoms with Gasteiger partial charge in [0.25, 0.3) is 0 Å². The quantitative estimate of drug-likeness (QED) is 0.908. The SMILES string of the molecule is CNC1C(=O)Nc2cc(Sc3nc(C)ns3)c(Cl)cc21. The smallest absolute Gasteiger partial charge is 0.246 e. The number of halogens is 1. The van der Waals surface area contributed by atoms with Gasteiger partial charge < -0.3 is 10.6 Å². The molecule has 2 heterocycles. The first-order chi connectivity index (χ1) is 9.58. The molecule has 20 heavy (non-hydrogen) atoms. The number of likely N-dealkylation sites (N-methyl/N-ethyl adjacent to an activating group) is 1. The minimum Gasteiger partial charge on any atom is -0.324 e. The van der Waals surface area contributed by atoms with Crippen LogP contribution in [0.25, 0.3) is 0 Å². The number of hydrogen-bond donors (Lipinski definition) is 2. The second kappa shape index (κ2) is 5.33. The summed E-state index contributed by atoms with van der Waals surface area (Å²) in [5, 5.41) is 6.43. The Hall–Kier alpha value is -1.15. The summed E-state index contributed by atoms with van der Waals surface area (Å²) in [6, 6.07) is 3.37. The van der Waals surface area contributed by atoms with E-state index < -0.39 is 0 Å². The number of hydrogen-bond acceptors (Lipinski definition) is 6. The van der Waals surface area contributed by atoms with Gasteiger partial charge in [0.05, 0.1) is 5.02 Å². The third kappa shape index (κ3) is 2.42. The van der Waals surface area contributed by atoms with Gasteiger partial charge in [-0.3, -0.25) is 4.79 Å². The minimum atomic E-state index is -0.342. The van der Waals surface area contributed by atoms with E-state index in [1.807, 2.05) is 19.1 Å². The van der Waals surface area contributed by atoms with Crippen LogP contribution >= 0.6 is 34.9 Å². The van der Waals surface area contributed by atoms with E-state index >= 15 is 0 Å². The largest absolute Gasteiger partial charge is 0.324 e. The van der Waals surface area contributed by atoms with E-state index in [2.05, 4.69) is 20.0 Å². The zero-order valence-electron chi connectivity index (χ0n) is 10.7.